The first-order chi connectivity index (χ1) is 4.43. The van der Waals surface area contributed by atoms with Crippen LogP contribution in [0.5, 0.6) is 0 Å². The van der Waals surface area contributed by atoms with Gasteiger partial charge in [-0.1, -0.05) is 36.4 Å². The smallest absolute Gasteiger partial charge is 0.123 e. The maximum absolute atomic E-state index is 2.08. The quantitative estimate of drug-likeness (QED) is 0.485. The predicted molar refractivity (Wildman–Crippen MR) is 44.0 cm³/mol. The van der Waals surface area contributed by atoms with E-state index in [4.69, 9.17) is 0 Å². The molecule has 0 atom stereocenters. The molecular formula is C8H9B. The summed E-state index contributed by atoms with van der Waals surface area (Å²) < 4.78 is 0. The van der Waals surface area contributed by atoms with Crippen molar-refractivity contribution in [2.45, 2.75) is 0 Å². The van der Waals surface area contributed by atoms with Crippen LogP contribution in [0.1, 0.15) is 5.56 Å². The summed E-state index contributed by atoms with van der Waals surface area (Å²) in [6.45, 7) is 0. The van der Waals surface area contributed by atoms with Crippen LogP contribution >= 0.6 is 0 Å². The molecule has 1 aromatic rings. The van der Waals surface area contributed by atoms with Crippen LogP contribution in [0.3, 0.4) is 0 Å². The molecule has 0 fully saturated rings. The van der Waals surface area contributed by atoms with Crippen LogP contribution < -0.4 is 0 Å². The second kappa shape index (κ2) is 3.13. The Morgan fingerprint density at radius 2 is 1.78 bits per heavy atom. The van der Waals surface area contributed by atoms with Crippen molar-refractivity contribution >= 4 is 13.9 Å². The lowest BCUT2D eigenvalue weighted by atomic mass is 10.1. The molecule has 0 bridgehead atoms. The maximum atomic E-state index is 2.08. The monoisotopic (exact) mass is 116 g/mol. The fourth-order valence-electron chi connectivity index (χ4n) is 0.757. The van der Waals surface area contributed by atoms with E-state index >= 15 is 0 Å². The Morgan fingerprint density at radius 1 is 1.11 bits per heavy atom. The zero-order valence-corrected chi connectivity index (χ0v) is 5.54. The van der Waals surface area contributed by atoms with Gasteiger partial charge in [-0.3, -0.25) is 0 Å². The molecule has 0 saturated heterocycles. The summed E-state index contributed by atoms with van der Waals surface area (Å²) in [5.74, 6) is 2.04. The Kier molecular flexibility index (Phi) is 2.14. The minimum absolute atomic E-state index is 1.26. The summed E-state index contributed by atoms with van der Waals surface area (Å²) in [6, 6.07) is 10.3. The third-order valence-corrected chi connectivity index (χ3v) is 1.16. The normalized spacial score (nSPS) is 10.2. The molecule has 44 valence electrons. The van der Waals surface area contributed by atoms with Crippen LogP contribution in [0.25, 0.3) is 6.08 Å². The summed E-state index contributed by atoms with van der Waals surface area (Å²) in [7, 11) is 2.02. The van der Waals surface area contributed by atoms with E-state index in [1.54, 1.807) is 0 Å². The van der Waals surface area contributed by atoms with Crippen molar-refractivity contribution in [1.29, 1.82) is 0 Å². The number of rotatable bonds is 1. The van der Waals surface area contributed by atoms with E-state index in [9.17, 15) is 0 Å². The highest BCUT2D eigenvalue weighted by Crippen LogP contribution is 1.98. The van der Waals surface area contributed by atoms with Gasteiger partial charge < -0.3 is 0 Å². The van der Waals surface area contributed by atoms with Crippen molar-refractivity contribution in [3.05, 3.63) is 41.9 Å². The van der Waals surface area contributed by atoms with Crippen molar-refractivity contribution in [2.75, 3.05) is 0 Å². The fourth-order valence-corrected chi connectivity index (χ4v) is 0.757. The van der Waals surface area contributed by atoms with E-state index in [0.717, 1.165) is 0 Å². The predicted octanol–water partition coefficient (Wildman–Crippen LogP) is 1.29. The highest BCUT2D eigenvalue weighted by Gasteiger charge is 1.77. The molecule has 0 heterocycles. The Bertz CT molecular complexity index is 189. The van der Waals surface area contributed by atoms with E-state index in [0.29, 0.717) is 0 Å². The van der Waals surface area contributed by atoms with Crippen LogP contribution in [0.15, 0.2) is 36.3 Å². The van der Waals surface area contributed by atoms with Crippen LogP contribution in [0.4, 0.5) is 0 Å². The molecule has 0 N–H and O–H groups in total. The first-order valence-electron chi connectivity index (χ1n) is 3.11. The molecule has 0 saturated carbocycles. The lowest BCUT2D eigenvalue weighted by Crippen LogP contribution is -1.66. The van der Waals surface area contributed by atoms with Crippen LogP contribution in [-0.4, -0.2) is 7.85 Å². The van der Waals surface area contributed by atoms with Crippen molar-refractivity contribution in [1.82, 2.24) is 0 Å². The molecule has 0 aliphatic carbocycles. The van der Waals surface area contributed by atoms with Crippen LogP contribution in [0.2, 0.25) is 0 Å². The average Bonchev–Trinajstić information content (AvgIpc) is 1.91. The summed E-state index contributed by atoms with van der Waals surface area (Å²) in [4.78, 5) is 0. The molecule has 1 rings (SSSR count). The van der Waals surface area contributed by atoms with Gasteiger partial charge in [0.1, 0.15) is 7.85 Å². The van der Waals surface area contributed by atoms with Gasteiger partial charge in [0.05, 0.1) is 0 Å². The molecule has 0 aromatic heterocycles. The molecule has 1 aromatic carbocycles. The van der Waals surface area contributed by atoms with E-state index in [1.165, 1.54) is 5.56 Å². The highest BCUT2D eigenvalue weighted by atomic mass is 13.8. The van der Waals surface area contributed by atoms with Gasteiger partial charge in [0, 0.05) is 0 Å². The van der Waals surface area contributed by atoms with Crippen molar-refractivity contribution in [3.63, 3.8) is 0 Å². The van der Waals surface area contributed by atoms with Gasteiger partial charge in [-0.2, -0.15) is 0 Å². The Morgan fingerprint density at radius 3 is 2.33 bits per heavy atom. The summed E-state index contributed by atoms with van der Waals surface area (Å²) in [6.07, 6.45) is 2.08. The van der Waals surface area contributed by atoms with E-state index in [-0.39, 0.29) is 0 Å². The SMILES string of the molecule is BC=Cc1ccccc1. The summed E-state index contributed by atoms with van der Waals surface area (Å²) in [5.41, 5.74) is 1.26. The van der Waals surface area contributed by atoms with Crippen molar-refractivity contribution in [2.24, 2.45) is 0 Å². The molecule has 0 amide bonds. The van der Waals surface area contributed by atoms with Gasteiger partial charge in [0.25, 0.3) is 0 Å². The Hall–Kier alpha value is -0.975. The second-order valence-corrected chi connectivity index (χ2v) is 1.91. The van der Waals surface area contributed by atoms with Gasteiger partial charge in [0.15, 0.2) is 0 Å². The number of hydrogen-bond acceptors (Lipinski definition) is 0. The molecular weight excluding hydrogens is 107 g/mol. The minimum Gasteiger partial charge on any atom is -0.123 e. The lowest BCUT2D eigenvalue weighted by Gasteiger charge is -1.87. The lowest BCUT2D eigenvalue weighted by molar-refractivity contribution is 1.66. The third kappa shape index (κ3) is 1.76. The molecule has 0 nitrogen and oxygen atoms in total. The fraction of sp³-hybridized carbons (Fsp3) is 0. The van der Waals surface area contributed by atoms with Gasteiger partial charge in [-0.15, -0.1) is 5.98 Å². The average molecular weight is 116 g/mol. The summed E-state index contributed by atoms with van der Waals surface area (Å²) >= 11 is 0. The second-order valence-electron chi connectivity index (χ2n) is 1.91. The van der Waals surface area contributed by atoms with Crippen molar-refractivity contribution < 1.29 is 0 Å². The molecule has 0 aliphatic heterocycles. The standard InChI is InChI=1S/C8H9B/c9-7-6-8-4-2-1-3-5-8/h1-7H,9H2. The Labute approximate surface area is 56.6 Å². The van der Waals surface area contributed by atoms with Crippen LogP contribution in [0, 0.1) is 0 Å². The minimum atomic E-state index is 1.26. The molecule has 0 radical (unpaired) electrons. The Balaban J connectivity index is 2.85. The number of hydrogen-bond donors (Lipinski definition) is 0. The van der Waals surface area contributed by atoms with Gasteiger partial charge in [0.2, 0.25) is 0 Å². The number of benzene rings is 1. The van der Waals surface area contributed by atoms with Gasteiger partial charge >= 0.3 is 0 Å². The molecule has 1 heteroatoms. The highest BCUT2D eigenvalue weighted by molar-refractivity contribution is 6.19. The summed E-state index contributed by atoms with van der Waals surface area (Å²) in [5, 5.41) is 0. The topological polar surface area (TPSA) is 0 Å². The largest absolute Gasteiger partial charge is 0.129 e. The first kappa shape index (κ1) is 6.15. The molecule has 0 unspecified atom stereocenters. The first-order valence-corrected chi connectivity index (χ1v) is 3.11. The van der Waals surface area contributed by atoms with E-state index in [2.05, 4.69) is 18.2 Å². The maximum Gasteiger partial charge on any atom is 0.129 e. The van der Waals surface area contributed by atoms with E-state index in [1.807, 2.05) is 32.0 Å². The zero-order valence-electron chi connectivity index (χ0n) is 5.54. The van der Waals surface area contributed by atoms with Gasteiger partial charge in [-0.25, -0.2) is 0 Å². The van der Waals surface area contributed by atoms with Gasteiger partial charge in [-0.05, 0) is 5.56 Å². The molecule has 0 aliphatic rings. The molecule has 9 heavy (non-hydrogen) atoms. The van der Waals surface area contributed by atoms with E-state index < -0.39 is 0 Å². The third-order valence-electron chi connectivity index (χ3n) is 1.16. The zero-order chi connectivity index (χ0) is 6.53. The van der Waals surface area contributed by atoms with Crippen LogP contribution in [-0.2, 0) is 0 Å². The van der Waals surface area contributed by atoms with Crippen molar-refractivity contribution in [3.8, 4) is 0 Å². The molecule has 0 spiro atoms.